The third kappa shape index (κ3) is 6.78. The molecule has 0 atom stereocenters. The number of benzene rings is 4. The first kappa shape index (κ1) is 26.5. The van der Waals surface area contributed by atoms with Crippen LogP contribution in [-0.2, 0) is 12.8 Å². The molecule has 0 bridgehead atoms. The number of hydrogen-bond donors (Lipinski definition) is 0. The Kier molecular flexibility index (Phi) is 10.5. The highest BCUT2D eigenvalue weighted by Crippen LogP contribution is 2.40. The first-order chi connectivity index (χ1) is 17.8. The van der Waals surface area contributed by atoms with Crippen molar-refractivity contribution in [3.63, 3.8) is 0 Å². The van der Waals surface area contributed by atoms with E-state index < -0.39 is 0 Å². The first-order valence-electron chi connectivity index (χ1n) is 14.8. The Labute approximate surface area is 220 Å². The molecule has 0 nitrogen and oxygen atoms in total. The van der Waals surface area contributed by atoms with Crippen molar-refractivity contribution in [2.24, 2.45) is 0 Å². The minimum atomic E-state index is 1.17. The minimum Gasteiger partial charge on any atom is -0.0654 e. The lowest BCUT2D eigenvalue weighted by Crippen LogP contribution is -1.98. The lowest BCUT2D eigenvalue weighted by molar-refractivity contribution is 0.607. The molecule has 0 spiro atoms. The van der Waals surface area contributed by atoms with Crippen LogP contribution in [0.3, 0.4) is 0 Å². The largest absolute Gasteiger partial charge is 0.0654 e. The van der Waals surface area contributed by atoms with Gasteiger partial charge in [-0.15, -0.1) is 0 Å². The molecule has 190 valence electrons. The fourth-order valence-corrected chi connectivity index (χ4v) is 5.83. The molecular weight excluding hydrogens is 432 g/mol. The van der Waals surface area contributed by atoms with Gasteiger partial charge in [0.15, 0.2) is 0 Å². The molecule has 0 radical (unpaired) electrons. The third-order valence-electron chi connectivity index (χ3n) is 7.88. The second-order valence-electron chi connectivity index (χ2n) is 10.7. The molecule has 0 unspecified atom stereocenters. The minimum absolute atomic E-state index is 1.17. The Hall–Kier alpha value is -2.60. The van der Waals surface area contributed by atoms with Gasteiger partial charge in [0.25, 0.3) is 0 Å². The predicted molar refractivity (Wildman–Crippen MR) is 161 cm³/mol. The second-order valence-corrected chi connectivity index (χ2v) is 10.7. The normalized spacial score (nSPS) is 11.5. The molecule has 0 N–H and O–H groups in total. The van der Waals surface area contributed by atoms with Gasteiger partial charge >= 0.3 is 0 Å². The van der Waals surface area contributed by atoms with Crippen LogP contribution in [0.1, 0.15) is 102 Å². The summed E-state index contributed by atoms with van der Waals surface area (Å²) in [7, 11) is 0. The van der Waals surface area contributed by atoms with Gasteiger partial charge in [0.05, 0.1) is 0 Å². The molecule has 4 rings (SSSR count). The smallest absolute Gasteiger partial charge is 0.00643 e. The summed E-state index contributed by atoms with van der Waals surface area (Å²) in [4.78, 5) is 0. The summed E-state index contributed by atoms with van der Waals surface area (Å²) in [5, 5.41) is 5.55. The summed E-state index contributed by atoms with van der Waals surface area (Å²) in [5.74, 6) is 0. The van der Waals surface area contributed by atoms with Crippen molar-refractivity contribution in [2.75, 3.05) is 0 Å². The summed E-state index contributed by atoms with van der Waals surface area (Å²) in [6, 6.07) is 27.6. The maximum absolute atomic E-state index is 2.43. The summed E-state index contributed by atoms with van der Waals surface area (Å²) in [6.07, 6.45) is 18.5. The first-order valence-corrected chi connectivity index (χ1v) is 14.8. The molecule has 0 amide bonds. The van der Waals surface area contributed by atoms with Crippen molar-refractivity contribution in [3.8, 4) is 11.1 Å². The van der Waals surface area contributed by atoms with Crippen LogP contribution in [-0.4, -0.2) is 0 Å². The number of fused-ring (bicyclic) bond motifs is 2. The van der Waals surface area contributed by atoms with Crippen molar-refractivity contribution in [3.05, 3.63) is 83.9 Å². The van der Waals surface area contributed by atoms with E-state index in [1.54, 1.807) is 0 Å². The molecule has 4 aromatic carbocycles. The van der Waals surface area contributed by atoms with Crippen LogP contribution in [0.5, 0.6) is 0 Å². The zero-order chi connectivity index (χ0) is 25.0. The highest BCUT2D eigenvalue weighted by molar-refractivity contribution is 6.07. The van der Waals surface area contributed by atoms with Crippen molar-refractivity contribution < 1.29 is 0 Å². The maximum Gasteiger partial charge on any atom is -0.00643 e. The molecule has 0 aromatic heterocycles. The van der Waals surface area contributed by atoms with Crippen LogP contribution in [0.2, 0.25) is 0 Å². The number of rotatable bonds is 15. The summed E-state index contributed by atoms with van der Waals surface area (Å²) in [5.41, 5.74) is 6.06. The molecule has 0 saturated heterocycles. The number of unbranched alkanes of at least 4 members (excludes halogenated alkanes) is 10. The fourth-order valence-electron chi connectivity index (χ4n) is 5.83. The van der Waals surface area contributed by atoms with E-state index in [1.807, 2.05) is 0 Å². The summed E-state index contributed by atoms with van der Waals surface area (Å²) >= 11 is 0. The van der Waals surface area contributed by atoms with E-state index >= 15 is 0 Å². The van der Waals surface area contributed by atoms with Gasteiger partial charge in [-0.25, -0.2) is 0 Å². The van der Waals surface area contributed by atoms with Gasteiger partial charge in [-0.2, -0.15) is 0 Å². The monoisotopic (exact) mass is 478 g/mol. The van der Waals surface area contributed by atoms with Crippen molar-refractivity contribution in [1.29, 1.82) is 0 Å². The van der Waals surface area contributed by atoms with Gasteiger partial charge in [0, 0.05) is 0 Å². The van der Waals surface area contributed by atoms with Crippen LogP contribution < -0.4 is 0 Å². The summed E-state index contributed by atoms with van der Waals surface area (Å²) in [6.45, 7) is 4.60. The lowest BCUT2D eigenvalue weighted by atomic mass is 9.84. The molecule has 36 heavy (non-hydrogen) atoms. The van der Waals surface area contributed by atoms with Gasteiger partial charge in [-0.1, -0.05) is 151 Å². The molecule has 4 aromatic rings. The molecule has 0 aliphatic carbocycles. The molecule has 0 heteroatoms. The van der Waals surface area contributed by atoms with Crippen molar-refractivity contribution in [1.82, 2.24) is 0 Å². The van der Waals surface area contributed by atoms with Crippen LogP contribution in [0.15, 0.2) is 72.8 Å². The number of hydrogen-bond acceptors (Lipinski definition) is 0. The Bertz CT molecular complexity index is 1120. The standard InChI is InChI=1S/C36H46/c1-3-5-7-9-11-13-21-31-27-25-29-19-15-17-23-33(29)35(31)36-32(22-14-12-10-8-6-4-2)28-26-30-20-16-18-24-34(30)36/h15-20,23-28H,3-14,21-22H2,1-2H3. The van der Waals surface area contributed by atoms with E-state index in [1.165, 1.54) is 134 Å². The van der Waals surface area contributed by atoms with E-state index in [0.717, 1.165) is 0 Å². The van der Waals surface area contributed by atoms with E-state index in [4.69, 9.17) is 0 Å². The van der Waals surface area contributed by atoms with E-state index in [2.05, 4.69) is 86.6 Å². The van der Waals surface area contributed by atoms with Gasteiger partial charge in [0.1, 0.15) is 0 Å². The molecule has 0 aliphatic heterocycles. The molecule has 0 fully saturated rings. The average Bonchev–Trinajstić information content (AvgIpc) is 2.92. The summed E-state index contributed by atoms with van der Waals surface area (Å²) < 4.78 is 0. The van der Waals surface area contributed by atoms with Gasteiger partial charge in [-0.3, -0.25) is 0 Å². The Morgan fingerprint density at radius 2 is 0.778 bits per heavy atom. The predicted octanol–water partition coefficient (Wildman–Crippen LogP) is 11.5. The average molecular weight is 479 g/mol. The van der Waals surface area contributed by atoms with E-state index in [-0.39, 0.29) is 0 Å². The zero-order valence-electron chi connectivity index (χ0n) is 22.8. The number of aryl methyl sites for hydroxylation is 2. The SMILES string of the molecule is CCCCCCCCc1ccc2ccccc2c1-c1c(CCCCCCCC)ccc2ccccc12. The molecule has 0 saturated carbocycles. The topological polar surface area (TPSA) is 0 Å². The van der Waals surface area contributed by atoms with Gasteiger partial charge in [-0.05, 0) is 69.5 Å². The maximum atomic E-state index is 2.43. The highest BCUT2D eigenvalue weighted by Gasteiger charge is 2.16. The Morgan fingerprint density at radius 1 is 0.389 bits per heavy atom. The van der Waals surface area contributed by atoms with Gasteiger partial charge < -0.3 is 0 Å². The van der Waals surface area contributed by atoms with Crippen molar-refractivity contribution in [2.45, 2.75) is 104 Å². The van der Waals surface area contributed by atoms with Crippen LogP contribution in [0.4, 0.5) is 0 Å². The van der Waals surface area contributed by atoms with Crippen LogP contribution >= 0.6 is 0 Å². The third-order valence-corrected chi connectivity index (χ3v) is 7.88. The van der Waals surface area contributed by atoms with Crippen molar-refractivity contribution >= 4 is 21.5 Å². The fraction of sp³-hybridized carbons (Fsp3) is 0.444. The molecule has 0 aliphatic rings. The van der Waals surface area contributed by atoms with Crippen LogP contribution in [0.25, 0.3) is 32.7 Å². The van der Waals surface area contributed by atoms with Crippen LogP contribution in [0, 0.1) is 0 Å². The lowest BCUT2D eigenvalue weighted by Gasteiger charge is -2.20. The van der Waals surface area contributed by atoms with E-state index in [0.29, 0.717) is 0 Å². The van der Waals surface area contributed by atoms with Gasteiger partial charge in [0.2, 0.25) is 0 Å². The quantitative estimate of drug-likeness (QED) is 0.149. The van der Waals surface area contributed by atoms with E-state index in [9.17, 15) is 0 Å². The zero-order valence-corrected chi connectivity index (χ0v) is 22.8. The second kappa shape index (κ2) is 14.2. The molecule has 0 heterocycles. The molecular formula is C36H46. The highest BCUT2D eigenvalue weighted by atomic mass is 14.2. The Morgan fingerprint density at radius 3 is 1.22 bits per heavy atom. The Balaban J connectivity index is 1.71.